The second kappa shape index (κ2) is 11.6. The third-order valence-electron chi connectivity index (χ3n) is 3.97. The van der Waals surface area contributed by atoms with E-state index in [1.165, 1.54) is 4.90 Å². The van der Waals surface area contributed by atoms with E-state index in [4.69, 9.17) is 0 Å². The number of carbonyl (C=O) groups excluding carboxylic acids is 3. The van der Waals surface area contributed by atoms with Crippen LogP contribution < -0.4 is 10.6 Å². The Hall–Kier alpha value is -2.02. The quantitative estimate of drug-likeness (QED) is 0.639. The molecule has 0 aliphatic carbocycles. The molecule has 7 heteroatoms. The van der Waals surface area contributed by atoms with Gasteiger partial charge in [0, 0.05) is 18.2 Å². The summed E-state index contributed by atoms with van der Waals surface area (Å²) in [5.74, 6) is 0.0291. The molecule has 3 amide bonds. The van der Waals surface area contributed by atoms with Crippen molar-refractivity contribution < 1.29 is 14.4 Å². The van der Waals surface area contributed by atoms with Crippen molar-refractivity contribution in [3.05, 3.63) is 35.4 Å². The average molecular weight is 394 g/mol. The zero-order chi connectivity index (χ0) is 20.4. The molecule has 0 radical (unpaired) electrons. The summed E-state index contributed by atoms with van der Waals surface area (Å²) in [6.45, 7) is 7.89. The molecule has 0 saturated carbocycles. The molecule has 0 heterocycles. The van der Waals surface area contributed by atoms with E-state index in [1.54, 1.807) is 23.9 Å². The number of nitrogens with one attached hydrogen (secondary N) is 2. The van der Waals surface area contributed by atoms with Gasteiger partial charge in [0.25, 0.3) is 5.91 Å². The van der Waals surface area contributed by atoms with Crippen molar-refractivity contribution in [3.8, 4) is 0 Å². The van der Waals surface area contributed by atoms with Gasteiger partial charge in [-0.1, -0.05) is 17.7 Å². The monoisotopic (exact) mass is 393 g/mol. The van der Waals surface area contributed by atoms with Crippen molar-refractivity contribution in [1.29, 1.82) is 0 Å². The molecule has 1 aromatic carbocycles. The summed E-state index contributed by atoms with van der Waals surface area (Å²) in [7, 11) is 0. The van der Waals surface area contributed by atoms with E-state index in [9.17, 15) is 14.4 Å². The zero-order valence-corrected chi connectivity index (χ0v) is 17.7. The van der Waals surface area contributed by atoms with Crippen molar-refractivity contribution in [1.82, 2.24) is 15.5 Å². The fourth-order valence-corrected chi connectivity index (χ4v) is 3.10. The SMILES string of the molecule is CCN(CC(=O)NC(C)C)C(=O)[C@@H](CCSC)NC(=O)c1cccc(C)c1. The predicted octanol–water partition coefficient (Wildman–Crippen LogP) is 2.22. The number of amides is 3. The Labute approximate surface area is 166 Å². The van der Waals surface area contributed by atoms with Crippen LogP contribution in [0.1, 0.15) is 43.1 Å². The summed E-state index contributed by atoms with van der Waals surface area (Å²) in [6.07, 6.45) is 2.47. The Morgan fingerprint density at radius 1 is 1.19 bits per heavy atom. The fraction of sp³-hybridized carbons (Fsp3) is 0.550. The minimum absolute atomic E-state index is 0.0103. The first-order valence-corrected chi connectivity index (χ1v) is 10.6. The molecule has 1 aromatic rings. The summed E-state index contributed by atoms with van der Waals surface area (Å²) >= 11 is 1.61. The van der Waals surface area contributed by atoms with Crippen LogP contribution in [0.5, 0.6) is 0 Å². The molecule has 1 rings (SSSR count). The number of aryl methyl sites for hydroxylation is 1. The first kappa shape index (κ1) is 23.0. The van der Waals surface area contributed by atoms with Crippen LogP contribution in [0.25, 0.3) is 0 Å². The third-order valence-corrected chi connectivity index (χ3v) is 4.62. The fourth-order valence-electron chi connectivity index (χ4n) is 2.63. The largest absolute Gasteiger partial charge is 0.352 e. The van der Waals surface area contributed by atoms with Gasteiger partial charge in [0.1, 0.15) is 6.04 Å². The van der Waals surface area contributed by atoms with Gasteiger partial charge in [0.2, 0.25) is 11.8 Å². The maximum Gasteiger partial charge on any atom is 0.251 e. The maximum absolute atomic E-state index is 13.0. The number of carbonyl (C=O) groups is 3. The number of hydrogen-bond acceptors (Lipinski definition) is 4. The molecule has 0 bridgehead atoms. The molecule has 0 saturated heterocycles. The lowest BCUT2D eigenvalue weighted by Crippen LogP contribution is -2.51. The first-order valence-electron chi connectivity index (χ1n) is 9.23. The van der Waals surface area contributed by atoms with Crippen molar-refractivity contribution >= 4 is 29.5 Å². The standard InChI is InChI=1S/C20H31N3O3S/c1-6-23(13-18(24)21-14(2)3)20(26)17(10-11-27-5)22-19(25)16-9-7-8-15(4)12-16/h7-9,12,14,17H,6,10-11,13H2,1-5H3,(H,21,24)(H,22,25)/t17-/m1/s1. The molecule has 0 spiro atoms. The molecule has 2 N–H and O–H groups in total. The van der Waals surface area contributed by atoms with Gasteiger partial charge in [-0.15, -0.1) is 0 Å². The third kappa shape index (κ3) is 8.03. The Balaban J connectivity index is 2.87. The van der Waals surface area contributed by atoms with Crippen LogP contribution in [0.3, 0.4) is 0 Å². The van der Waals surface area contributed by atoms with Gasteiger partial charge >= 0.3 is 0 Å². The maximum atomic E-state index is 13.0. The highest BCUT2D eigenvalue weighted by Gasteiger charge is 2.26. The van der Waals surface area contributed by atoms with Gasteiger partial charge in [0.05, 0.1) is 6.54 Å². The van der Waals surface area contributed by atoms with E-state index in [2.05, 4.69) is 10.6 Å². The van der Waals surface area contributed by atoms with E-state index in [0.29, 0.717) is 18.5 Å². The van der Waals surface area contributed by atoms with Gasteiger partial charge in [0.15, 0.2) is 0 Å². The number of benzene rings is 1. The van der Waals surface area contributed by atoms with Gasteiger partial charge in [-0.2, -0.15) is 11.8 Å². The summed E-state index contributed by atoms with van der Waals surface area (Å²) < 4.78 is 0. The Morgan fingerprint density at radius 2 is 1.89 bits per heavy atom. The van der Waals surface area contributed by atoms with Crippen LogP contribution in [0.2, 0.25) is 0 Å². The molecule has 6 nitrogen and oxygen atoms in total. The Kier molecular flexibility index (Phi) is 9.93. The molecule has 0 fully saturated rings. The molecular weight excluding hydrogens is 362 g/mol. The summed E-state index contributed by atoms with van der Waals surface area (Å²) in [4.78, 5) is 39.1. The van der Waals surface area contributed by atoms with Crippen LogP contribution in [0.15, 0.2) is 24.3 Å². The molecule has 0 unspecified atom stereocenters. The van der Waals surface area contributed by atoms with E-state index in [0.717, 1.165) is 11.3 Å². The molecule has 0 aliphatic heterocycles. The van der Waals surface area contributed by atoms with Gasteiger partial charge < -0.3 is 15.5 Å². The van der Waals surface area contributed by atoms with Crippen LogP contribution in [0.4, 0.5) is 0 Å². The lowest BCUT2D eigenvalue weighted by atomic mass is 10.1. The van der Waals surface area contributed by atoms with Crippen molar-refractivity contribution in [2.75, 3.05) is 25.1 Å². The number of hydrogen-bond donors (Lipinski definition) is 2. The van der Waals surface area contributed by atoms with E-state index in [-0.39, 0.29) is 30.3 Å². The predicted molar refractivity (Wildman–Crippen MR) is 111 cm³/mol. The molecule has 150 valence electrons. The van der Waals surface area contributed by atoms with Crippen LogP contribution in [-0.4, -0.2) is 59.8 Å². The van der Waals surface area contributed by atoms with Gasteiger partial charge in [-0.05, 0) is 58.3 Å². The molecule has 0 aromatic heterocycles. The summed E-state index contributed by atoms with van der Waals surface area (Å²) in [5.41, 5.74) is 1.51. The number of nitrogens with zero attached hydrogens (tertiary/aromatic N) is 1. The second-order valence-corrected chi connectivity index (χ2v) is 7.74. The summed E-state index contributed by atoms with van der Waals surface area (Å²) in [5, 5.41) is 5.64. The number of likely N-dealkylation sites (N-methyl/N-ethyl adjacent to an activating group) is 1. The van der Waals surface area contributed by atoms with Crippen molar-refractivity contribution in [2.45, 2.75) is 46.2 Å². The minimum atomic E-state index is -0.655. The topological polar surface area (TPSA) is 78.5 Å². The highest BCUT2D eigenvalue weighted by molar-refractivity contribution is 7.98. The lowest BCUT2D eigenvalue weighted by molar-refractivity contribution is -0.137. The van der Waals surface area contributed by atoms with Crippen molar-refractivity contribution in [2.24, 2.45) is 0 Å². The highest BCUT2D eigenvalue weighted by atomic mass is 32.2. The molecule has 0 aliphatic rings. The van der Waals surface area contributed by atoms with Crippen LogP contribution in [0, 0.1) is 6.92 Å². The Bertz CT molecular complexity index is 649. The lowest BCUT2D eigenvalue weighted by Gasteiger charge is -2.27. The molecular formula is C20H31N3O3S. The molecule has 27 heavy (non-hydrogen) atoms. The number of rotatable bonds is 10. The second-order valence-electron chi connectivity index (χ2n) is 6.75. The normalized spacial score (nSPS) is 11.8. The smallest absolute Gasteiger partial charge is 0.251 e. The van der Waals surface area contributed by atoms with Gasteiger partial charge in [-0.3, -0.25) is 14.4 Å². The number of thioether (sulfide) groups is 1. The van der Waals surface area contributed by atoms with E-state index < -0.39 is 6.04 Å². The first-order chi connectivity index (χ1) is 12.8. The van der Waals surface area contributed by atoms with Crippen molar-refractivity contribution in [3.63, 3.8) is 0 Å². The molecule has 1 atom stereocenters. The summed E-state index contributed by atoms with van der Waals surface area (Å²) in [6, 6.07) is 6.61. The van der Waals surface area contributed by atoms with E-state index >= 15 is 0 Å². The van der Waals surface area contributed by atoms with E-state index in [1.807, 2.05) is 46.1 Å². The minimum Gasteiger partial charge on any atom is -0.352 e. The average Bonchev–Trinajstić information content (AvgIpc) is 2.61. The van der Waals surface area contributed by atoms with Crippen LogP contribution in [-0.2, 0) is 9.59 Å². The van der Waals surface area contributed by atoms with Gasteiger partial charge in [-0.25, -0.2) is 0 Å². The Morgan fingerprint density at radius 3 is 2.44 bits per heavy atom. The van der Waals surface area contributed by atoms with Crippen LogP contribution >= 0.6 is 11.8 Å². The zero-order valence-electron chi connectivity index (χ0n) is 16.9. The highest BCUT2D eigenvalue weighted by Crippen LogP contribution is 2.09.